The molecule has 17 heavy (non-hydrogen) atoms. The van der Waals surface area contributed by atoms with Gasteiger partial charge in [0.15, 0.2) is 5.78 Å². The molecule has 0 N–H and O–H groups in total. The van der Waals surface area contributed by atoms with Crippen LogP contribution in [0.3, 0.4) is 0 Å². The fourth-order valence-electron chi connectivity index (χ4n) is 1.78. The van der Waals surface area contributed by atoms with Crippen LogP contribution in [0.15, 0.2) is 6.33 Å². The van der Waals surface area contributed by atoms with E-state index in [0.717, 1.165) is 6.54 Å². The van der Waals surface area contributed by atoms with Crippen LogP contribution < -0.4 is 0 Å². The maximum absolute atomic E-state index is 12.1. The van der Waals surface area contributed by atoms with Crippen molar-refractivity contribution in [2.24, 2.45) is 5.92 Å². The van der Waals surface area contributed by atoms with Gasteiger partial charge in [-0.25, -0.2) is 9.67 Å². The number of hydrogen-bond donors (Lipinski definition) is 0. The molecule has 96 valence electrons. The van der Waals surface area contributed by atoms with Gasteiger partial charge in [-0.2, -0.15) is 5.10 Å². The van der Waals surface area contributed by atoms with Gasteiger partial charge in [0, 0.05) is 13.2 Å². The highest BCUT2D eigenvalue weighted by Gasteiger charge is 2.23. The minimum Gasteiger partial charge on any atom is -0.370 e. The van der Waals surface area contributed by atoms with Crippen LogP contribution in [-0.2, 0) is 22.5 Å². The molecule has 0 aliphatic carbocycles. The monoisotopic (exact) mass is 239 g/mol. The van der Waals surface area contributed by atoms with Gasteiger partial charge in [0.25, 0.3) is 0 Å². The number of ketones is 1. The minimum atomic E-state index is -0.345. The first kappa shape index (κ1) is 13.8. The number of aryl methyl sites for hydroxylation is 1. The molecule has 1 unspecified atom stereocenters. The average Bonchev–Trinajstić information content (AvgIpc) is 2.72. The number of carbonyl (C=O) groups excluding carboxylic acids is 1. The lowest BCUT2D eigenvalue weighted by Crippen LogP contribution is -2.32. The molecule has 0 aliphatic heterocycles. The molecule has 5 heteroatoms. The summed E-state index contributed by atoms with van der Waals surface area (Å²) in [5.74, 6) is 0.966. The molecule has 1 rings (SSSR count). The van der Waals surface area contributed by atoms with Crippen molar-refractivity contribution < 1.29 is 9.53 Å². The summed E-state index contributed by atoms with van der Waals surface area (Å²) < 4.78 is 7.22. The Balaban J connectivity index is 2.69. The predicted molar refractivity (Wildman–Crippen MR) is 64.7 cm³/mol. The third-order valence-electron chi connectivity index (χ3n) is 2.60. The van der Waals surface area contributed by atoms with Crippen LogP contribution in [0.25, 0.3) is 0 Å². The van der Waals surface area contributed by atoms with E-state index in [-0.39, 0.29) is 24.2 Å². The van der Waals surface area contributed by atoms with Crippen molar-refractivity contribution in [3.05, 3.63) is 12.2 Å². The van der Waals surface area contributed by atoms with Gasteiger partial charge in [-0.15, -0.1) is 0 Å². The summed E-state index contributed by atoms with van der Waals surface area (Å²) in [5, 5.41) is 4.05. The molecule has 5 nitrogen and oxygen atoms in total. The maximum Gasteiger partial charge on any atom is 0.169 e. The van der Waals surface area contributed by atoms with E-state index in [2.05, 4.69) is 10.1 Å². The Kier molecular flexibility index (Phi) is 5.28. The zero-order valence-electron chi connectivity index (χ0n) is 11.0. The summed E-state index contributed by atoms with van der Waals surface area (Å²) in [5.41, 5.74) is 0. The summed E-state index contributed by atoms with van der Waals surface area (Å²) in [6.45, 7) is 9.13. The topological polar surface area (TPSA) is 57.0 Å². The van der Waals surface area contributed by atoms with Crippen LogP contribution in [0, 0.1) is 5.92 Å². The quantitative estimate of drug-likeness (QED) is 0.723. The molecular formula is C12H21N3O2. The van der Waals surface area contributed by atoms with Crippen molar-refractivity contribution >= 4 is 5.78 Å². The highest BCUT2D eigenvalue weighted by Crippen LogP contribution is 2.10. The van der Waals surface area contributed by atoms with Crippen LogP contribution in [0.5, 0.6) is 0 Å². The molecule has 1 aromatic rings. The number of rotatable bonds is 7. The number of hydrogen-bond acceptors (Lipinski definition) is 4. The molecule has 0 saturated heterocycles. The van der Waals surface area contributed by atoms with Crippen molar-refractivity contribution in [3.63, 3.8) is 0 Å². The van der Waals surface area contributed by atoms with E-state index in [0.29, 0.717) is 12.4 Å². The van der Waals surface area contributed by atoms with E-state index in [4.69, 9.17) is 4.74 Å². The molecule has 1 atom stereocenters. The van der Waals surface area contributed by atoms with Crippen LogP contribution in [0.4, 0.5) is 0 Å². The highest BCUT2D eigenvalue weighted by molar-refractivity contribution is 5.84. The standard InChI is InChI=1S/C12H21N3O2/c1-5-15-11(13-8-14-15)7-10(16)12(9(3)4)17-6-2/h8-9,12H,5-7H2,1-4H3. The number of nitrogens with zero attached hydrogens (tertiary/aromatic N) is 3. The third kappa shape index (κ3) is 3.63. The molecule has 0 radical (unpaired) electrons. The van der Waals surface area contributed by atoms with Gasteiger partial charge in [-0.05, 0) is 19.8 Å². The van der Waals surface area contributed by atoms with Gasteiger partial charge in [0.2, 0.25) is 0 Å². The second-order valence-corrected chi connectivity index (χ2v) is 4.26. The SMILES string of the molecule is CCOC(C(=O)Cc1ncnn1CC)C(C)C. The minimum absolute atomic E-state index is 0.0737. The Morgan fingerprint density at radius 2 is 2.18 bits per heavy atom. The fraction of sp³-hybridized carbons (Fsp3) is 0.750. The molecule has 0 aliphatic rings. The summed E-state index contributed by atoms with van der Waals surface area (Å²) in [6, 6.07) is 0. The number of aromatic nitrogens is 3. The molecule has 0 amide bonds. The van der Waals surface area contributed by atoms with Crippen molar-refractivity contribution in [1.82, 2.24) is 14.8 Å². The Labute approximate surface area is 102 Å². The molecule has 0 saturated carbocycles. The second-order valence-electron chi connectivity index (χ2n) is 4.26. The van der Waals surface area contributed by atoms with Crippen molar-refractivity contribution in [1.29, 1.82) is 0 Å². The normalized spacial score (nSPS) is 13.0. The van der Waals surface area contributed by atoms with Gasteiger partial charge < -0.3 is 4.74 Å². The van der Waals surface area contributed by atoms with Crippen LogP contribution in [-0.4, -0.2) is 33.3 Å². The largest absolute Gasteiger partial charge is 0.370 e. The summed E-state index contributed by atoms with van der Waals surface area (Å²) in [4.78, 5) is 16.2. The van der Waals surface area contributed by atoms with E-state index in [9.17, 15) is 4.79 Å². The highest BCUT2D eigenvalue weighted by atomic mass is 16.5. The molecule has 1 aromatic heterocycles. The number of ether oxygens (including phenoxy) is 1. The number of carbonyl (C=O) groups is 1. The first-order valence-electron chi connectivity index (χ1n) is 6.11. The van der Waals surface area contributed by atoms with Crippen molar-refractivity contribution in [2.75, 3.05) is 6.61 Å². The zero-order chi connectivity index (χ0) is 12.8. The lowest BCUT2D eigenvalue weighted by Gasteiger charge is -2.19. The van der Waals surface area contributed by atoms with Gasteiger partial charge in [0.1, 0.15) is 18.3 Å². The van der Waals surface area contributed by atoms with Crippen LogP contribution >= 0.6 is 0 Å². The van der Waals surface area contributed by atoms with E-state index in [1.165, 1.54) is 6.33 Å². The smallest absolute Gasteiger partial charge is 0.169 e. The van der Waals surface area contributed by atoms with E-state index in [1.54, 1.807) is 4.68 Å². The van der Waals surface area contributed by atoms with Crippen LogP contribution in [0.1, 0.15) is 33.5 Å². The molecular weight excluding hydrogens is 218 g/mol. The summed E-state index contributed by atoms with van der Waals surface area (Å²) in [6.07, 6.45) is 1.43. The molecule has 0 aromatic carbocycles. The second kappa shape index (κ2) is 6.49. The molecule has 1 heterocycles. The maximum atomic E-state index is 12.1. The Morgan fingerprint density at radius 3 is 2.71 bits per heavy atom. The summed E-state index contributed by atoms with van der Waals surface area (Å²) in [7, 11) is 0. The fourth-order valence-corrected chi connectivity index (χ4v) is 1.78. The van der Waals surface area contributed by atoms with Gasteiger partial charge >= 0.3 is 0 Å². The Hall–Kier alpha value is -1.23. The molecule has 0 fully saturated rings. The molecule has 0 spiro atoms. The first-order valence-corrected chi connectivity index (χ1v) is 6.11. The predicted octanol–water partition coefficient (Wildman–Crippen LogP) is 1.47. The number of Topliss-reactive ketones (excluding diaryl/α,β-unsaturated/α-hetero) is 1. The zero-order valence-corrected chi connectivity index (χ0v) is 11.0. The van der Waals surface area contributed by atoms with Gasteiger partial charge in [-0.3, -0.25) is 4.79 Å². The van der Waals surface area contributed by atoms with E-state index >= 15 is 0 Å². The molecule has 0 bridgehead atoms. The Morgan fingerprint density at radius 1 is 1.47 bits per heavy atom. The third-order valence-corrected chi connectivity index (χ3v) is 2.60. The average molecular weight is 239 g/mol. The van der Waals surface area contributed by atoms with Gasteiger partial charge in [-0.1, -0.05) is 13.8 Å². The first-order chi connectivity index (χ1) is 8.10. The van der Waals surface area contributed by atoms with Gasteiger partial charge in [0.05, 0.1) is 6.42 Å². The van der Waals surface area contributed by atoms with E-state index in [1.807, 2.05) is 27.7 Å². The van der Waals surface area contributed by atoms with Crippen molar-refractivity contribution in [2.45, 2.75) is 46.8 Å². The van der Waals surface area contributed by atoms with E-state index < -0.39 is 0 Å². The Bertz CT molecular complexity index is 360. The summed E-state index contributed by atoms with van der Waals surface area (Å²) >= 11 is 0. The lowest BCUT2D eigenvalue weighted by atomic mass is 10.0. The van der Waals surface area contributed by atoms with Crippen molar-refractivity contribution in [3.8, 4) is 0 Å². The lowest BCUT2D eigenvalue weighted by molar-refractivity contribution is -0.132. The van der Waals surface area contributed by atoms with Crippen LogP contribution in [0.2, 0.25) is 0 Å².